The van der Waals surface area contributed by atoms with Gasteiger partial charge >= 0.3 is 7.12 Å². The Morgan fingerprint density at radius 3 is 2.50 bits per heavy atom. The van der Waals surface area contributed by atoms with E-state index < -0.39 is 23.9 Å². The second kappa shape index (κ2) is 6.39. The van der Waals surface area contributed by atoms with Gasteiger partial charge in [0.2, 0.25) is 0 Å². The molecular formula is C20H25BN2O4S. The Kier molecular flexibility index (Phi) is 4.46. The Morgan fingerprint density at radius 1 is 1.21 bits per heavy atom. The first-order valence-electron chi connectivity index (χ1n) is 9.43. The minimum Gasteiger partial charge on any atom is -0.399 e. The van der Waals surface area contributed by atoms with Crippen molar-refractivity contribution in [3.63, 3.8) is 0 Å². The number of aliphatic hydroxyl groups is 1. The van der Waals surface area contributed by atoms with E-state index >= 15 is 0 Å². The number of likely N-dealkylation sites (tertiary alicyclic amines) is 1. The Labute approximate surface area is 169 Å². The number of rotatable bonds is 3. The van der Waals surface area contributed by atoms with Crippen molar-refractivity contribution >= 4 is 29.8 Å². The predicted octanol–water partition coefficient (Wildman–Crippen LogP) is 2.16. The van der Waals surface area contributed by atoms with Crippen molar-refractivity contribution in [1.82, 2.24) is 9.88 Å². The lowest BCUT2D eigenvalue weighted by Crippen LogP contribution is -2.41. The van der Waals surface area contributed by atoms with Gasteiger partial charge < -0.3 is 19.3 Å². The van der Waals surface area contributed by atoms with Gasteiger partial charge in [-0.2, -0.15) is 0 Å². The molecule has 1 aromatic heterocycles. The lowest BCUT2D eigenvalue weighted by atomic mass is 9.78. The van der Waals surface area contributed by atoms with Crippen molar-refractivity contribution in [3.05, 3.63) is 35.3 Å². The van der Waals surface area contributed by atoms with Gasteiger partial charge in [-0.1, -0.05) is 24.3 Å². The third-order valence-electron chi connectivity index (χ3n) is 6.10. The summed E-state index contributed by atoms with van der Waals surface area (Å²) >= 11 is 1.42. The summed E-state index contributed by atoms with van der Waals surface area (Å²) in [4.78, 5) is 18.5. The average molecular weight is 400 g/mol. The minimum atomic E-state index is -1.52. The maximum absolute atomic E-state index is 12.3. The molecule has 0 saturated carbocycles. The van der Waals surface area contributed by atoms with Crippen molar-refractivity contribution in [3.8, 4) is 10.6 Å². The topological polar surface area (TPSA) is 71.9 Å². The van der Waals surface area contributed by atoms with Gasteiger partial charge in [0, 0.05) is 31.0 Å². The number of nitrogens with zero attached hydrogens (tertiary/aromatic N) is 2. The number of benzene rings is 1. The molecule has 2 aliphatic heterocycles. The molecule has 0 radical (unpaired) electrons. The van der Waals surface area contributed by atoms with Crippen LogP contribution in [0.4, 0.5) is 0 Å². The van der Waals surface area contributed by atoms with E-state index in [2.05, 4.69) is 4.98 Å². The molecule has 2 fully saturated rings. The zero-order chi connectivity index (χ0) is 20.3. The van der Waals surface area contributed by atoms with Gasteiger partial charge in [-0.3, -0.25) is 4.79 Å². The van der Waals surface area contributed by atoms with E-state index in [1.54, 1.807) is 12.4 Å². The highest BCUT2D eigenvalue weighted by atomic mass is 32.1. The summed E-state index contributed by atoms with van der Waals surface area (Å²) in [5, 5.41) is 13.3. The largest absolute Gasteiger partial charge is 0.494 e. The summed E-state index contributed by atoms with van der Waals surface area (Å²) in [7, 11) is 1.25. The van der Waals surface area contributed by atoms with Crippen molar-refractivity contribution < 1.29 is 19.2 Å². The van der Waals surface area contributed by atoms with Gasteiger partial charge in [-0.15, -0.1) is 11.3 Å². The van der Waals surface area contributed by atoms with Crippen LogP contribution < -0.4 is 5.46 Å². The third-order valence-corrected chi connectivity index (χ3v) is 6.99. The van der Waals surface area contributed by atoms with Crippen molar-refractivity contribution in [1.29, 1.82) is 0 Å². The van der Waals surface area contributed by atoms with Crippen molar-refractivity contribution in [2.45, 2.75) is 50.9 Å². The molecular weight excluding hydrogens is 375 g/mol. The Morgan fingerprint density at radius 2 is 1.89 bits per heavy atom. The molecule has 28 heavy (non-hydrogen) atoms. The summed E-state index contributed by atoms with van der Waals surface area (Å²) in [5.41, 5.74) is -0.0790. The maximum Gasteiger partial charge on any atom is 0.494 e. The summed E-state index contributed by atoms with van der Waals surface area (Å²) < 4.78 is 12.3. The van der Waals surface area contributed by atoms with E-state index in [0.29, 0.717) is 18.7 Å². The predicted molar refractivity (Wildman–Crippen MR) is 109 cm³/mol. The number of hydrogen-bond donors (Lipinski definition) is 1. The number of carbonyl (C=O) groups excluding carboxylic acids is 1. The van der Waals surface area contributed by atoms with Crippen LogP contribution in [-0.2, 0) is 19.7 Å². The number of hydrogen-bond acceptors (Lipinski definition) is 6. The Balaban J connectivity index is 1.62. The third kappa shape index (κ3) is 2.99. The van der Waals surface area contributed by atoms with Crippen LogP contribution in [0.3, 0.4) is 0 Å². The quantitative estimate of drug-likeness (QED) is 0.800. The molecule has 0 aliphatic carbocycles. The fraction of sp³-hybridized carbons (Fsp3) is 0.500. The molecule has 2 aliphatic rings. The maximum atomic E-state index is 12.3. The van der Waals surface area contributed by atoms with Crippen LogP contribution in [-0.4, -0.2) is 52.8 Å². The van der Waals surface area contributed by atoms with E-state index in [0.717, 1.165) is 16.0 Å². The summed E-state index contributed by atoms with van der Waals surface area (Å²) in [6, 6.07) is 7.88. The van der Waals surface area contributed by atoms with Gasteiger partial charge in [-0.05, 0) is 33.2 Å². The lowest BCUT2D eigenvalue weighted by molar-refractivity contribution is -0.143. The number of aromatic nitrogens is 1. The van der Waals surface area contributed by atoms with Gasteiger partial charge in [-0.25, -0.2) is 4.98 Å². The fourth-order valence-corrected chi connectivity index (χ4v) is 4.37. The summed E-state index contributed by atoms with van der Waals surface area (Å²) in [6.07, 6.45) is 0.361. The monoisotopic (exact) mass is 400 g/mol. The zero-order valence-electron chi connectivity index (χ0n) is 16.9. The normalized spacial score (nSPS) is 26.3. The van der Waals surface area contributed by atoms with Gasteiger partial charge in [0.15, 0.2) is 5.60 Å². The summed E-state index contributed by atoms with van der Waals surface area (Å²) in [6.45, 7) is 8.64. The molecule has 1 aromatic carbocycles. The molecule has 148 valence electrons. The first-order valence-corrected chi connectivity index (χ1v) is 10.3. The van der Waals surface area contributed by atoms with Gasteiger partial charge in [0.05, 0.1) is 16.9 Å². The molecule has 3 heterocycles. The van der Waals surface area contributed by atoms with E-state index in [-0.39, 0.29) is 5.91 Å². The van der Waals surface area contributed by atoms with E-state index in [9.17, 15) is 9.90 Å². The standard InChI is InChI=1S/C20H25BN2O4S/c1-18(2)19(3,4)27-21(26-18)14-8-6-7-13(11-14)16-22-15(12-28-16)20(25)9-10-23(5)17(20)24/h6-8,11-12,25H,9-10H2,1-5H3. The molecule has 1 unspecified atom stereocenters. The van der Waals surface area contributed by atoms with E-state index in [1.807, 2.05) is 52.0 Å². The zero-order valence-corrected chi connectivity index (χ0v) is 17.7. The van der Waals surface area contributed by atoms with Crippen molar-refractivity contribution in [2.24, 2.45) is 0 Å². The lowest BCUT2D eigenvalue weighted by Gasteiger charge is -2.32. The van der Waals surface area contributed by atoms with Gasteiger partial charge in [0.1, 0.15) is 5.01 Å². The van der Waals surface area contributed by atoms with Gasteiger partial charge in [0.25, 0.3) is 5.91 Å². The number of amides is 1. The molecule has 2 aromatic rings. The average Bonchev–Trinajstić information content (AvgIpc) is 3.29. The molecule has 0 spiro atoms. The fourth-order valence-electron chi connectivity index (χ4n) is 3.49. The van der Waals surface area contributed by atoms with Crippen LogP contribution in [0.15, 0.2) is 29.6 Å². The molecule has 4 rings (SSSR count). The van der Waals surface area contributed by atoms with Crippen LogP contribution in [0, 0.1) is 0 Å². The highest BCUT2D eigenvalue weighted by Crippen LogP contribution is 2.38. The smallest absolute Gasteiger partial charge is 0.399 e. The van der Waals surface area contributed by atoms with Crippen LogP contribution in [0.5, 0.6) is 0 Å². The van der Waals surface area contributed by atoms with Crippen LogP contribution in [0.1, 0.15) is 39.8 Å². The molecule has 8 heteroatoms. The van der Waals surface area contributed by atoms with Crippen LogP contribution in [0.2, 0.25) is 0 Å². The van der Waals surface area contributed by atoms with E-state index in [4.69, 9.17) is 9.31 Å². The number of likely N-dealkylation sites (N-methyl/N-ethyl adjacent to an activating group) is 1. The molecule has 2 saturated heterocycles. The van der Waals surface area contributed by atoms with Crippen LogP contribution >= 0.6 is 11.3 Å². The Hall–Kier alpha value is -1.74. The second-order valence-electron chi connectivity index (χ2n) is 8.59. The number of carbonyl (C=O) groups is 1. The summed E-state index contributed by atoms with van der Waals surface area (Å²) in [5.74, 6) is -0.296. The van der Waals surface area contributed by atoms with Crippen LogP contribution in [0.25, 0.3) is 10.6 Å². The highest BCUT2D eigenvalue weighted by molar-refractivity contribution is 7.13. The molecule has 0 bridgehead atoms. The molecule has 6 nitrogen and oxygen atoms in total. The first-order chi connectivity index (χ1) is 13.0. The molecule has 1 N–H and O–H groups in total. The highest BCUT2D eigenvalue weighted by Gasteiger charge is 2.52. The first kappa shape index (κ1) is 19.6. The van der Waals surface area contributed by atoms with Crippen molar-refractivity contribution in [2.75, 3.05) is 13.6 Å². The SMILES string of the molecule is CN1CCC(O)(c2csc(-c3cccc(B4OC(C)(C)C(C)(C)O4)c3)n2)C1=O. The van der Waals surface area contributed by atoms with E-state index in [1.165, 1.54) is 16.2 Å². The number of thiazole rings is 1. The minimum absolute atomic E-state index is 0.296. The Bertz CT molecular complexity index is 912. The second-order valence-corrected chi connectivity index (χ2v) is 9.45. The molecule has 1 amide bonds. The molecule has 1 atom stereocenters.